The van der Waals surface area contributed by atoms with Crippen LogP contribution in [-0.2, 0) is 12.4 Å². The summed E-state index contributed by atoms with van der Waals surface area (Å²) in [6, 6.07) is 0.770. The van der Waals surface area contributed by atoms with Gasteiger partial charge in [0.1, 0.15) is 5.69 Å². The molecule has 1 aromatic carbocycles. The minimum atomic E-state index is -4.92. The van der Waals surface area contributed by atoms with Crippen LogP contribution in [0.1, 0.15) is 11.1 Å². The Bertz CT molecular complexity index is 424. The number of nitrogens with zero attached hydrogens (tertiary/aromatic N) is 2. The zero-order valence-corrected chi connectivity index (χ0v) is 7.89. The van der Waals surface area contributed by atoms with Gasteiger partial charge in [-0.05, 0) is 23.6 Å². The summed E-state index contributed by atoms with van der Waals surface area (Å²) in [6.07, 6.45) is -9.85. The van der Waals surface area contributed by atoms with Gasteiger partial charge in [-0.25, -0.2) is 0 Å². The van der Waals surface area contributed by atoms with Crippen LogP contribution in [0.15, 0.2) is 18.2 Å². The fraction of sp³-hybridized carbons (Fsp3) is 0.250. The lowest BCUT2D eigenvalue weighted by Gasteiger charge is -2.11. The van der Waals surface area contributed by atoms with Gasteiger partial charge in [0, 0.05) is 0 Å². The number of diazo groups is 1. The van der Waals surface area contributed by atoms with Crippen LogP contribution in [-0.4, -0.2) is 0 Å². The molecule has 9 heteroatoms. The van der Waals surface area contributed by atoms with Crippen LogP contribution < -0.4 is 5.43 Å². The largest absolute Gasteiger partial charge is 0.416 e. The molecule has 0 aliphatic rings. The number of alkyl halides is 6. The van der Waals surface area contributed by atoms with E-state index in [-0.39, 0.29) is 6.07 Å². The second-order valence-electron chi connectivity index (χ2n) is 3.01. The van der Waals surface area contributed by atoms with Gasteiger partial charge in [0.15, 0.2) is 0 Å². The standard InChI is InChI=1S/C8H4F6N3/c9-7(10,11)4-1-5(8(12,13)14)3-6(2-4)16-17-15/h1-3,16H/q+1. The molecule has 0 aliphatic heterocycles. The normalized spacial score (nSPS) is 12.1. The molecule has 0 spiro atoms. The average molecular weight is 256 g/mol. The van der Waals surface area contributed by atoms with Crippen LogP contribution in [0.2, 0.25) is 0 Å². The molecular formula is C8H4F6N3+. The summed E-state index contributed by atoms with van der Waals surface area (Å²) in [5, 5.41) is 10.3. The number of nitrogens with one attached hydrogen (secondary N) is 1. The first kappa shape index (κ1) is 13.1. The zero-order chi connectivity index (χ0) is 13.3. The van der Waals surface area contributed by atoms with Crippen molar-refractivity contribution in [3.63, 3.8) is 0 Å². The van der Waals surface area contributed by atoms with Gasteiger partial charge in [-0.1, -0.05) is 0 Å². The maximum absolute atomic E-state index is 12.3. The van der Waals surface area contributed by atoms with Gasteiger partial charge >= 0.3 is 17.4 Å². The monoisotopic (exact) mass is 256 g/mol. The lowest BCUT2D eigenvalue weighted by atomic mass is 10.1. The third-order valence-corrected chi connectivity index (χ3v) is 1.77. The second-order valence-corrected chi connectivity index (χ2v) is 3.01. The topological polar surface area (TPSA) is 40.2 Å². The van der Waals surface area contributed by atoms with Crippen molar-refractivity contribution >= 4 is 5.69 Å². The summed E-state index contributed by atoms with van der Waals surface area (Å²) in [4.78, 5) is 0. The molecule has 92 valence electrons. The number of hydrogen-bond donors (Lipinski definition) is 1. The summed E-state index contributed by atoms with van der Waals surface area (Å²) in [5.41, 5.74) is -1.98. The van der Waals surface area contributed by atoms with Crippen molar-refractivity contribution in [1.29, 1.82) is 5.39 Å². The number of halogens is 6. The van der Waals surface area contributed by atoms with Crippen molar-refractivity contribution < 1.29 is 26.3 Å². The Morgan fingerprint density at radius 2 is 1.29 bits per heavy atom. The van der Waals surface area contributed by atoms with E-state index < -0.39 is 29.2 Å². The van der Waals surface area contributed by atoms with E-state index in [2.05, 4.69) is 5.08 Å². The molecule has 1 N–H and O–H groups in total. The molecule has 0 radical (unpaired) electrons. The zero-order valence-electron chi connectivity index (χ0n) is 7.89. The lowest BCUT2D eigenvalue weighted by molar-refractivity contribution is -0.143. The number of anilines is 1. The van der Waals surface area contributed by atoms with Gasteiger partial charge in [0.05, 0.1) is 11.1 Å². The first-order valence-corrected chi connectivity index (χ1v) is 4.04. The first-order valence-electron chi connectivity index (χ1n) is 4.04. The van der Waals surface area contributed by atoms with Crippen molar-refractivity contribution in [3.8, 4) is 0 Å². The maximum Gasteiger partial charge on any atom is 0.416 e. The Morgan fingerprint density at radius 1 is 0.882 bits per heavy atom. The molecule has 3 nitrogen and oxygen atoms in total. The smallest absolute Gasteiger partial charge is 0.166 e. The van der Waals surface area contributed by atoms with E-state index in [0.29, 0.717) is 12.1 Å². The molecule has 0 atom stereocenters. The summed E-state index contributed by atoms with van der Waals surface area (Å²) in [7, 11) is 0. The predicted molar refractivity (Wildman–Crippen MR) is 45.2 cm³/mol. The Hall–Kier alpha value is -1.98. The van der Waals surface area contributed by atoms with Gasteiger partial charge < -0.3 is 0 Å². The molecule has 0 fully saturated rings. The Kier molecular flexibility index (Phi) is 3.17. The molecule has 0 amide bonds. The van der Waals surface area contributed by atoms with E-state index >= 15 is 0 Å². The molecule has 0 aliphatic carbocycles. The SMILES string of the molecule is N#[N+]Nc1cc(C(F)(F)F)cc(C(F)(F)F)c1. The number of benzene rings is 1. The molecule has 0 bridgehead atoms. The van der Waals surface area contributed by atoms with Crippen LogP contribution in [0.5, 0.6) is 0 Å². The Labute approximate surface area is 90.6 Å². The second kappa shape index (κ2) is 4.12. The van der Waals surface area contributed by atoms with Crippen LogP contribution >= 0.6 is 0 Å². The molecule has 1 rings (SSSR count). The summed E-state index contributed by atoms with van der Waals surface area (Å²) in [5.74, 6) is 0. The quantitative estimate of drug-likeness (QED) is 0.470. The summed E-state index contributed by atoms with van der Waals surface area (Å²) >= 11 is 0. The van der Waals surface area contributed by atoms with Gasteiger partial charge in [0.2, 0.25) is 0 Å². The van der Waals surface area contributed by atoms with E-state index in [1.54, 1.807) is 5.43 Å². The van der Waals surface area contributed by atoms with Gasteiger partial charge in [0.25, 0.3) is 5.39 Å². The Morgan fingerprint density at radius 3 is 1.59 bits per heavy atom. The van der Waals surface area contributed by atoms with E-state index in [1.165, 1.54) is 0 Å². The van der Waals surface area contributed by atoms with Crippen LogP contribution in [0.4, 0.5) is 32.0 Å². The van der Waals surface area contributed by atoms with E-state index in [1.807, 2.05) is 0 Å². The van der Waals surface area contributed by atoms with Crippen LogP contribution in [0.25, 0.3) is 5.08 Å². The molecule has 17 heavy (non-hydrogen) atoms. The molecule has 0 saturated carbocycles. The van der Waals surface area contributed by atoms with Crippen molar-refractivity contribution in [1.82, 2.24) is 0 Å². The third-order valence-electron chi connectivity index (χ3n) is 1.77. The van der Waals surface area contributed by atoms with Gasteiger partial charge in [-0.2, -0.15) is 26.3 Å². The lowest BCUT2D eigenvalue weighted by Crippen LogP contribution is -2.11. The third kappa shape index (κ3) is 3.24. The van der Waals surface area contributed by atoms with Gasteiger partial charge in [-0.15, -0.1) is 0 Å². The fourth-order valence-electron chi connectivity index (χ4n) is 1.08. The highest BCUT2D eigenvalue weighted by Crippen LogP contribution is 2.37. The molecule has 0 heterocycles. The van der Waals surface area contributed by atoms with E-state index in [0.717, 1.165) is 0 Å². The highest BCUT2D eigenvalue weighted by molar-refractivity contribution is 5.51. The van der Waals surface area contributed by atoms with Crippen molar-refractivity contribution in [2.75, 3.05) is 5.43 Å². The molecule has 0 unspecified atom stereocenters. The van der Waals surface area contributed by atoms with Crippen molar-refractivity contribution in [2.24, 2.45) is 0 Å². The van der Waals surface area contributed by atoms with Crippen molar-refractivity contribution in [3.05, 3.63) is 34.4 Å². The summed E-state index contributed by atoms with van der Waals surface area (Å²) < 4.78 is 73.7. The van der Waals surface area contributed by atoms with E-state index in [4.69, 9.17) is 5.39 Å². The highest BCUT2D eigenvalue weighted by Gasteiger charge is 2.37. The number of rotatable bonds is 1. The van der Waals surface area contributed by atoms with Crippen LogP contribution in [0.3, 0.4) is 0 Å². The Balaban J connectivity index is 3.35. The molecule has 0 aromatic heterocycles. The molecule has 1 aromatic rings. The summed E-state index contributed by atoms with van der Waals surface area (Å²) in [6.45, 7) is 0. The van der Waals surface area contributed by atoms with Gasteiger partial charge in [-0.3, -0.25) is 0 Å². The van der Waals surface area contributed by atoms with Crippen molar-refractivity contribution in [2.45, 2.75) is 12.4 Å². The number of hydrogen-bond acceptors (Lipinski definition) is 2. The fourth-order valence-corrected chi connectivity index (χ4v) is 1.08. The average Bonchev–Trinajstić information content (AvgIpc) is 2.15. The van der Waals surface area contributed by atoms with E-state index in [9.17, 15) is 26.3 Å². The minimum Gasteiger partial charge on any atom is -0.166 e. The highest BCUT2D eigenvalue weighted by atomic mass is 19.4. The van der Waals surface area contributed by atoms with Crippen LogP contribution in [0, 0.1) is 5.39 Å². The predicted octanol–water partition coefficient (Wildman–Crippen LogP) is 3.90. The molecular weight excluding hydrogens is 252 g/mol. The first-order chi connectivity index (χ1) is 7.64. The maximum atomic E-state index is 12.3. The molecule has 0 saturated heterocycles. The minimum absolute atomic E-state index is 0.0252.